The molecular weight excluding hydrogens is 422 g/mol. The second-order valence-corrected chi connectivity index (χ2v) is 9.89. The Morgan fingerprint density at radius 1 is 1.03 bits per heavy atom. The van der Waals surface area contributed by atoms with Gasteiger partial charge in [-0.3, -0.25) is 9.59 Å². The smallest absolute Gasteiger partial charge is 0.255 e. The molecule has 2 amide bonds. The zero-order chi connectivity index (χ0) is 22.0. The van der Waals surface area contributed by atoms with Gasteiger partial charge in [-0.15, -0.1) is 0 Å². The minimum atomic E-state index is -1.04. The van der Waals surface area contributed by atoms with Crippen molar-refractivity contribution in [2.24, 2.45) is 0 Å². The van der Waals surface area contributed by atoms with Crippen LogP contribution in [-0.2, 0) is 15.1 Å². The first kappa shape index (κ1) is 19.9. The first-order valence-corrected chi connectivity index (χ1v) is 11.8. The molecule has 2 aliphatic heterocycles. The van der Waals surface area contributed by atoms with Gasteiger partial charge in [-0.1, -0.05) is 60.8 Å². The molecule has 1 aromatic heterocycles. The van der Waals surface area contributed by atoms with Gasteiger partial charge in [0.2, 0.25) is 5.91 Å². The molecule has 3 aliphatic rings. The number of aromatic amines is 1. The van der Waals surface area contributed by atoms with Crippen LogP contribution in [0.15, 0.2) is 48.5 Å². The Labute approximate surface area is 192 Å². The van der Waals surface area contributed by atoms with Gasteiger partial charge in [0.05, 0.1) is 5.69 Å². The molecule has 3 heterocycles. The SMILES string of the molecule is C[C@]12C(=O)N(C3CCCC3)CC(=O)N1C[C@H](c1ccccc1Cl)c1c2[nH]c2ccccc12. The quantitative estimate of drug-likeness (QED) is 0.613. The minimum absolute atomic E-state index is 0.0142. The van der Waals surface area contributed by atoms with E-state index in [0.717, 1.165) is 53.4 Å². The van der Waals surface area contributed by atoms with Crippen molar-refractivity contribution in [1.82, 2.24) is 14.8 Å². The molecule has 2 fully saturated rings. The lowest BCUT2D eigenvalue weighted by atomic mass is 9.76. The van der Waals surface area contributed by atoms with Gasteiger partial charge >= 0.3 is 0 Å². The van der Waals surface area contributed by atoms with Gasteiger partial charge in [0.1, 0.15) is 6.54 Å². The average Bonchev–Trinajstić information content (AvgIpc) is 3.46. The lowest BCUT2D eigenvalue weighted by Crippen LogP contribution is -2.68. The van der Waals surface area contributed by atoms with Crippen LogP contribution in [0.3, 0.4) is 0 Å². The van der Waals surface area contributed by atoms with E-state index >= 15 is 0 Å². The summed E-state index contributed by atoms with van der Waals surface area (Å²) in [5.74, 6) is -0.0486. The number of H-pyrrole nitrogens is 1. The van der Waals surface area contributed by atoms with E-state index in [2.05, 4.69) is 11.1 Å². The zero-order valence-corrected chi connectivity index (χ0v) is 18.9. The summed E-state index contributed by atoms with van der Waals surface area (Å²) in [6.45, 7) is 2.54. The number of piperazine rings is 1. The van der Waals surface area contributed by atoms with Gasteiger partial charge in [0, 0.05) is 34.4 Å². The summed E-state index contributed by atoms with van der Waals surface area (Å²) < 4.78 is 0. The lowest BCUT2D eigenvalue weighted by Gasteiger charge is -2.52. The van der Waals surface area contributed by atoms with Crippen molar-refractivity contribution >= 4 is 34.3 Å². The molecule has 1 aliphatic carbocycles. The average molecular weight is 448 g/mol. The van der Waals surface area contributed by atoms with Crippen LogP contribution in [0.5, 0.6) is 0 Å². The number of carbonyl (C=O) groups is 2. The molecule has 3 aromatic rings. The topological polar surface area (TPSA) is 56.4 Å². The van der Waals surface area contributed by atoms with Gasteiger partial charge < -0.3 is 14.8 Å². The lowest BCUT2D eigenvalue weighted by molar-refractivity contribution is -0.168. The molecule has 5 nitrogen and oxygen atoms in total. The minimum Gasteiger partial charge on any atom is -0.356 e. The van der Waals surface area contributed by atoms with E-state index in [1.807, 2.05) is 54.3 Å². The second-order valence-electron chi connectivity index (χ2n) is 9.48. The first-order valence-electron chi connectivity index (χ1n) is 11.5. The maximum Gasteiger partial charge on any atom is 0.255 e. The van der Waals surface area contributed by atoms with Crippen molar-refractivity contribution in [3.63, 3.8) is 0 Å². The maximum atomic E-state index is 14.0. The third-order valence-electron chi connectivity index (χ3n) is 7.82. The molecule has 0 radical (unpaired) electrons. The molecule has 0 unspecified atom stereocenters. The fraction of sp³-hybridized carbons (Fsp3) is 0.385. The van der Waals surface area contributed by atoms with Gasteiger partial charge in [-0.25, -0.2) is 0 Å². The van der Waals surface area contributed by atoms with Crippen LogP contribution in [0, 0.1) is 0 Å². The van der Waals surface area contributed by atoms with Crippen LogP contribution < -0.4 is 0 Å². The molecule has 2 aromatic carbocycles. The Kier molecular flexibility index (Phi) is 4.41. The van der Waals surface area contributed by atoms with Crippen LogP contribution in [-0.4, -0.2) is 45.7 Å². The molecular formula is C26H26ClN3O2. The molecule has 0 bridgehead atoms. The van der Waals surface area contributed by atoms with E-state index in [4.69, 9.17) is 11.6 Å². The summed E-state index contributed by atoms with van der Waals surface area (Å²) in [5, 5.41) is 1.77. The highest BCUT2D eigenvalue weighted by Crippen LogP contribution is 2.49. The van der Waals surface area contributed by atoms with E-state index in [-0.39, 0.29) is 30.3 Å². The monoisotopic (exact) mass is 447 g/mol. The van der Waals surface area contributed by atoms with Crippen LogP contribution >= 0.6 is 11.6 Å². The van der Waals surface area contributed by atoms with E-state index in [9.17, 15) is 9.59 Å². The van der Waals surface area contributed by atoms with E-state index in [1.54, 1.807) is 4.90 Å². The molecule has 1 saturated heterocycles. The van der Waals surface area contributed by atoms with Crippen LogP contribution in [0.25, 0.3) is 10.9 Å². The van der Waals surface area contributed by atoms with Crippen molar-refractivity contribution in [2.45, 2.75) is 50.1 Å². The summed E-state index contributed by atoms with van der Waals surface area (Å²) in [4.78, 5) is 34.8. The van der Waals surface area contributed by atoms with E-state index in [1.165, 1.54) is 0 Å². The number of halogens is 1. The van der Waals surface area contributed by atoms with Gasteiger partial charge in [0.15, 0.2) is 5.54 Å². The third-order valence-corrected chi connectivity index (χ3v) is 8.16. The number of aromatic nitrogens is 1. The van der Waals surface area contributed by atoms with E-state index < -0.39 is 5.54 Å². The number of fused-ring (bicyclic) bond motifs is 5. The number of para-hydroxylation sites is 1. The Bertz CT molecular complexity index is 1240. The first-order chi connectivity index (χ1) is 15.5. The third kappa shape index (κ3) is 2.64. The summed E-state index contributed by atoms with van der Waals surface area (Å²) >= 11 is 6.64. The van der Waals surface area contributed by atoms with Gasteiger partial charge in [0.25, 0.3) is 5.91 Å². The summed E-state index contributed by atoms with van der Waals surface area (Å²) in [6, 6.07) is 16.1. The highest BCUT2D eigenvalue weighted by Gasteiger charge is 2.57. The van der Waals surface area contributed by atoms with Crippen molar-refractivity contribution in [3.05, 3.63) is 70.4 Å². The predicted molar refractivity (Wildman–Crippen MR) is 125 cm³/mol. The van der Waals surface area contributed by atoms with Crippen molar-refractivity contribution in [3.8, 4) is 0 Å². The summed E-state index contributed by atoms with van der Waals surface area (Å²) in [6.07, 6.45) is 4.21. The highest BCUT2D eigenvalue weighted by atomic mass is 35.5. The van der Waals surface area contributed by atoms with Crippen LogP contribution in [0.2, 0.25) is 5.02 Å². The molecule has 1 N–H and O–H groups in total. The number of carbonyl (C=O) groups excluding carboxylic acids is 2. The van der Waals surface area contributed by atoms with Crippen LogP contribution in [0.1, 0.15) is 55.3 Å². The molecule has 164 valence electrons. The normalized spacial score (nSPS) is 26.0. The largest absolute Gasteiger partial charge is 0.356 e. The summed E-state index contributed by atoms with van der Waals surface area (Å²) in [5.41, 5.74) is 2.85. The van der Waals surface area contributed by atoms with Gasteiger partial charge in [-0.05, 0) is 43.0 Å². The molecule has 6 rings (SSSR count). The number of hydrogen-bond acceptors (Lipinski definition) is 2. The Morgan fingerprint density at radius 2 is 1.75 bits per heavy atom. The fourth-order valence-electron chi connectivity index (χ4n) is 6.18. The maximum absolute atomic E-state index is 14.0. The Morgan fingerprint density at radius 3 is 2.53 bits per heavy atom. The van der Waals surface area contributed by atoms with Crippen molar-refractivity contribution in [2.75, 3.05) is 13.1 Å². The molecule has 1 saturated carbocycles. The summed E-state index contributed by atoms with van der Waals surface area (Å²) in [7, 11) is 0. The van der Waals surface area contributed by atoms with Crippen molar-refractivity contribution < 1.29 is 9.59 Å². The number of nitrogens with zero attached hydrogens (tertiary/aromatic N) is 2. The predicted octanol–water partition coefficient (Wildman–Crippen LogP) is 4.80. The molecule has 32 heavy (non-hydrogen) atoms. The van der Waals surface area contributed by atoms with Gasteiger partial charge in [-0.2, -0.15) is 0 Å². The zero-order valence-electron chi connectivity index (χ0n) is 18.1. The Hall–Kier alpha value is -2.79. The number of nitrogens with one attached hydrogen (secondary N) is 1. The molecule has 6 heteroatoms. The highest BCUT2D eigenvalue weighted by molar-refractivity contribution is 6.31. The number of rotatable bonds is 2. The molecule has 2 atom stereocenters. The fourth-order valence-corrected chi connectivity index (χ4v) is 6.45. The number of hydrogen-bond donors (Lipinski definition) is 1. The second kappa shape index (κ2) is 7.11. The van der Waals surface area contributed by atoms with Crippen molar-refractivity contribution in [1.29, 1.82) is 0 Å². The van der Waals surface area contributed by atoms with E-state index in [0.29, 0.717) is 11.6 Å². The number of benzene rings is 2. The molecule has 0 spiro atoms. The number of amides is 2. The van der Waals surface area contributed by atoms with Crippen LogP contribution in [0.4, 0.5) is 0 Å². The Balaban J connectivity index is 1.58. The standard InChI is InChI=1S/C26H26ClN3O2/c1-26-24-23(18-11-5-7-13-21(18)28-24)19(17-10-4-6-12-20(17)27)14-30(26)22(31)15-29(25(26)32)16-8-2-3-9-16/h4-7,10-13,16,19,28H,2-3,8-9,14-15H2,1H3/t19-,26+/m1/s1.